The SMILES string of the molecule is Cc1c(C#N)c(NC(=O)CN2CC=C(c3ccccc3)CC2)n(CC2CCCO2)c1C. The van der Waals surface area contributed by atoms with Crippen LogP contribution in [0.2, 0.25) is 0 Å². The molecule has 1 fully saturated rings. The fourth-order valence-corrected chi connectivity index (χ4v) is 4.49. The molecule has 1 unspecified atom stereocenters. The highest BCUT2D eigenvalue weighted by molar-refractivity contribution is 5.93. The van der Waals surface area contributed by atoms with E-state index in [0.29, 0.717) is 24.5 Å². The molecule has 4 rings (SSSR count). The molecule has 0 bridgehead atoms. The monoisotopic (exact) mass is 418 g/mol. The maximum absolute atomic E-state index is 12.9. The van der Waals surface area contributed by atoms with Crippen molar-refractivity contribution in [3.8, 4) is 6.07 Å². The summed E-state index contributed by atoms with van der Waals surface area (Å²) in [5.41, 5.74) is 5.07. The Bertz CT molecular complexity index is 1010. The van der Waals surface area contributed by atoms with Crippen LogP contribution in [0.4, 0.5) is 5.82 Å². The van der Waals surface area contributed by atoms with Crippen molar-refractivity contribution in [2.24, 2.45) is 0 Å². The van der Waals surface area contributed by atoms with E-state index in [1.807, 2.05) is 24.5 Å². The zero-order valence-electron chi connectivity index (χ0n) is 18.4. The molecule has 0 radical (unpaired) electrons. The van der Waals surface area contributed by atoms with Crippen molar-refractivity contribution in [1.82, 2.24) is 9.47 Å². The van der Waals surface area contributed by atoms with Crippen LogP contribution in [0.3, 0.4) is 0 Å². The molecule has 0 saturated carbocycles. The van der Waals surface area contributed by atoms with Crippen molar-refractivity contribution < 1.29 is 9.53 Å². The molecule has 3 heterocycles. The van der Waals surface area contributed by atoms with Gasteiger partial charge in [-0.05, 0) is 49.8 Å². The maximum Gasteiger partial charge on any atom is 0.239 e. The number of benzene rings is 1. The van der Waals surface area contributed by atoms with Gasteiger partial charge in [0.1, 0.15) is 11.9 Å². The molecular weight excluding hydrogens is 388 g/mol. The lowest BCUT2D eigenvalue weighted by molar-refractivity contribution is -0.117. The molecule has 1 aromatic carbocycles. The van der Waals surface area contributed by atoms with Crippen molar-refractivity contribution in [1.29, 1.82) is 5.26 Å². The molecule has 1 N–H and O–H groups in total. The number of anilines is 1. The number of ether oxygens (including phenoxy) is 1. The van der Waals surface area contributed by atoms with Gasteiger partial charge in [-0.1, -0.05) is 36.4 Å². The second-order valence-electron chi connectivity index (χ2n) is 8.42. The molecule has 6 nitrogen and oxygen atoms in total. The third-order valence-corrected chi connectivity index (χ3v) is 6.41. The van der Waals surface area contributed by atoms with Crippen molar-refractivity contribution in [2.45, 2.75) is 45.8 Å². The number of nitrogens with one attached hydrogen (secondary N) is 1. The van der Waals surface area contributed by atoms with Gasteiger partial charge in [-0.25, -0.2) is 0 Å². The van der Waals surface area contributed by atoms with Crippen LogP contribution in [0.1, 0.15) is 41.6 Å². The van der Waals surface area contributed by atoms with Crippen LogP contribution in [0, 0.1) is 25.2 Å². The molecule has 6 heteroatoms. The second-order valence-corrected chi connectivity index (χ2v) is 8.42. The predicted octanol–water partition coefficient (Wildman–Crippen LogP) is 3.88. The smallest absolute Gasteiger partial charge is 0.239 e. The Hall–Kier alpha value is -2.88. The van der Waals surface area contributed by atoms with Crippen molar-refractivity contribution in [3.63, 3.8) is 0 Å². The van der Waals surface area contributed by atoms with Gasteiger partial charge in [0.05, 0.1) is 24.8 Å². The van der Waals surface area contributed by atoms with Gasteiger partial charge in [-0.3, -0.25) is 9.69 Å². The topological polar surface area (TPSA) is 70.3 Å². The molecule has 1 saturated heterocycles. The van der Waals surface area contributed by atoms with E-state index in [-0.39, 0.29) is 12.0 Å². The van der Waals surface area contributed by atoms with Gasteiger partial charge in [-0.15, -0.1) is 0 Å². The number of rotatable bonds is 6. The minimum atomic E-state index is -0.0841. The minimum absolute atomic E-state index is 0.0841. The van der Waals surface area contributed by atoms with Crippen molar-refractivity contribution >= 4 is 17.3 Å². The van der Waals surface area contributed by atoms with Gasteiger partial charge >= 0.3 is 0 Å². The largest absolute Gasteiger partial charge is 0.376 e. The summed E-state index contributed by atoms with van der Waals surface area (Å²) in [6.45, 7) is 7.29. The average Bonchev–Trinajstić information content (AvgIpc) is 3.38. The molecule has 2 aliphatic heterocycles. The summed E-state index contributed by atoms with van der Waals surface area (Å²) in [5, 5.41) is 12.7. The summed E-state index contributed by atoms with van der Waals surface area (Å²) in [5.74, 6) is 0.523. The normalized spacial score (nSPS) is 19.1. The molecule has 1 amide bonds. The molecule has 1 aromatic heterocycles. The maximum atomic E-state index is 12.9. The Morgan fingerprint density at radius 3 is 2.74 bits per heavy atom. The third-order valence-electron chi connectivity index (χ3n) is 6.41. The third kappa shape index (κ3) is 4.73. The Balaban J connectivity index is 1.43. The summed E-state index contributed by atoms with van der Waals surface area (Å²) in [6.07, 6.45) is 5.34. The number of nitriles is 1. The van der Waals surface area contributed by atoms with E-state index >= 15 is 0 Å². The summed E-state index contributed by atoms with van der Waals surface area (Å²) >= 11 is 0. The zero-order valence-corrected chi connectivity index (χ0v) is 18.4. The number of carbonyl (C=O) groups excluding carboxylic acids is 1. The molecule has 0 aliphatic carbocycles. The van der Waals surface area contributed by atoms with Crippen LogP contribution in [-0.4, -0.2) is 47.7 Å². The lowest BCUT2D eigenvalue weighted by atomic mass is 10.00. The van der Waals surface area contributed by atoms with Gasteiger partial charge in [-0.2, -0.15) is 5.26 Å². The number of amides is 1. The molecule has 1 atom stereocenters. The summed E-state index contributed by atoms with van der Waals surface area (Å²) < 4.78 is 7.84. The number of carbonyl (C=O) groups is 1. The summed E-state index contributed by atoms with van der Waals surface area (Å²) in [4.78, 5) is 15.0. The van der Waals surface area contributed by atoms with E-state index in [4.69, 9.17) is 4.74 Å². The van der Waals surface area contributed by atoms with Crippen LogP contribution in [0.25, 0.3) is 5.57 Å². The van der Waals surface area contributed by atoms with Crippen molar-refractivity contribution in [3.05, 3.63) is 58.8 Å². The Labute approximate surface area is 184 Å². The summed E-state index contributed by atoms with van der Waals surface area (Å²) in [7, 11) is 0. The van der Waals surface area contributed by atoms with Crippen LogP contribution in [0.5, 0.6) is 0 Å². The van der Waals surface area contributed by atoms with E-state index in [1.54, 1.807) is 0 Å². The van der Waals surface area contributed by atoms with Gasteiger partial charge < -0.3 is 14.6 Å². The first-order valence-electron chi connectivity index (χ1n) is 11.0. The van der Waals surface area contributed by atoms with Crippen LogP contribution < -0.4 is 5.32 Å². The highest BCUT2D eigenvalue weighted by Crippen LogP contribution is 2.28. The fraction of sp³-hybridized carbons (Fsp3) is 0.440. The lowest BCUT2D eigenvalue weighted by Gasteiger charge is -2.26. The number of aromatic nitrogens is 1. The Morgan fingerprint density at radius 2 is 2.10 bits per heavy atom. The summed E-state index contributed by atoms with van der Waals surface area (Å²) in [6, 6.07) is 12.7. The first kappa shape index (κ1) is 21.4. The Morgan fingerprint density at radius 1 is 1.29 bits per heavy atom. The molecule has 162 valence electrons. The standard InChI is InChI=1S/C25H30N4O2/c1-18-19(2)29(16-22-9-6-14-31-22)25(23(18)15-26)27-24(30)17-28-12-10-21(11-13-28)20-7-4-3-5-8-20/h3-5,7-8,10,22H,6,9,11-14,16-17H2,1-2H3,(H,27,30). The van der Waals surface area contributed by atoms with Gasteiger partial charge in [0.2, 0.25) is 5.91 Å². The average molecular weight is 419 g/mol. The quantitative estimate of drug-likeness (QED) is 0.773. The van der Waals surface area contributed by atoms with E-state index < -0.39 is 0 Å². The molecule has 31 heavy (non-hydrogen) atoms. The van der Waals surface area contributed by atoms with E-state index in [2.05, 4.69) is 46.6 Å². The second kappa shape index (κ2) is 9.51. The van der Waals surface area contributed by atoms with Crippen molar-refractivity contribution in [2.75, 3.05) is 31.6 Å². The number of hydrogen-bond donors (Lipinski definition) is 1. The van der Waals surface area contributed by atoms with E-state index in [1.165, 1.54) is 11.1 Å². The van der Waals surface area contributed by atoms with E-state index in [9.17, 15) is 10.1 Å². The van der Waals surface area contributed by atoms with Crippen LogP contribution >= 0.6 is 0 Å². The molecular formula is C25H30N4O2. The van der Waals surface area contributed by atoms with Gasteiger partial charge in [0.25, 0.3) is 0 Å². The van der Waals surface area contributed by atoms with Gasteiger partial charge in [0, 0.05) is 25.4 Å². The molecule has 2 aromatic rings. The molecule has 0 spiro atoms. The van der Waals surface area contributed by atoms with Crippen LogP contribution in [0.15, 0.2) is 36.4 Å². The molecule has 2 aliphatic rings. The van der Waals surface area contributed by atoms with Crippen LogP contribution in [-0.2, 0) is 16.1 Å². The van der Waals surface area contributed by atoms with E-state index in [0.717, 1.165) is 50.2 Å². The fourth-order valence-electron chi connectivity index (χ4n) is 4.49. The highest BCUT2D eigenvalue weighted by Gasteiger charge is 2.24. The number of hydrogen-bond acceptors (Lipinski definition) is 4. The van der Waals surface area contributed by atoms with Gasteiger partial charge in [0.15, 0.2) is 0 Å². The number of nitrogens with zero attached hydrogens (tertiary/aromatic N) is 3. The zero-order chi connectivity index (χ0) is 21.8. The first-order valence-corrected chi connectivity index (χ1v) is 11.0. The minimum Gasteiger partial charge on any atom is -0.376 e. The Kier molecular flexibility index (Phi) is 6.55. The predicted molar refractivity (Wildman–Crippen MR) is 122 cm³/mol. The highest BCUT2D eigenvalue weighted by atomic mass is 16.5. The lowest BCUT2D eigenvalue weighted by Crippen LogP contribution is -2.36. The first-order chi connectivity index (χ1) is 15.1.